The van der Waals surface area contributed by atoms with Gasteiger partial charge in [-0.1, -0.05) is 12.3 Å². The molecule has 0 unspecified atom stereocenters. The number of halogens is 1. The van der Waals surface area contributed by atoms with Crippen molar-refractivity contribution in [3.05, 3.63) is 0 Å². The first-order valence-electron chi connectivity index (χ1n) is 4.71. The Morgan fingerprint density at radius 1 is 1.31 bits per heavy atom. The topological polar surface area (TPSA) is 29.5 Å². The molecule has 74 valence electrons. The maximum Gasteiger partial charge on any atom is 0.129 e. The molecule has 0 aliphatic heterocycles. The molecule has 1 fully saturated rings. The van der Waals surface area contributed by atoms with Crippen molar-refractivity contribution in [2.75, 3.05) is 13.2 Å². The van der Waals surface area contributed by atoms with Crippen LogP contribution in [0.1, 0.15) is 32.1 Å². The maximum absolute atomic E-state index is 8.70. The summed E-state index contributed by atoms with van der Waals surface area (Å²) in [4.78, 5) is 0. The minimum absolute atomic E-state index is 0.0880. The number of aliphatic hydroxyl groups excluding tert-OH is 1. The average Bonchev–Trinajstić information content (AvgIpc) is 2.17. The van der Waals surface area contributed by atoms with Gasteiger partial charge in [-0.25, -0.2) is 0 Å². The van der Waals surface area contributed by atoms with E-state index in [1.165, 1.54) is 19.3 Å². The summed E-state index contributed by atoms with van der Waals surface area (Å²) < 4.78 is 8.53. The summed E-state index contributed by atoms with van der Waals surface area (Å²) in [5.74, 6) is 3.14. The first kappa shape index (κ1) is 11.3. The molecular formula is C10H15IO2. The molecule has 13 heavy (non-hydrogen) atoms. The van der Waals surface area contributed by atoms with Crippen LogP contribution < -0.4 is 0 Å². The highest BCUT2D eigenvalue weighted by molar-refractivity contribution is 14.1. The van der Waals surface area contributed by atoms with Gasteiger partial charge in [-0.15, -0.1) is 0 Å². The highest BCUT2D eigenvalue weighted by Crippen LogP contribution is 2.31. The van der Waals surface area contributed by atoms with E-state index in [4.69, 9.17) is 9.84 Å². The fraction of sp³-hybridized carbons (Fsp3) is 0.800. The molecule has 2 nitrogen and oxygen atoms in total. The van der Waals surface area contributed by atoms with Crippen molar-refractivity contribution in [3.8, 4) is 9.85 Å². The van der Waals surface area contributed by atoms with E-state index in [2.05, 4.69) is 9.85 Å². The van der Waals surface area contributed by atoms with E-state index in [0.717, 1.165) is 12.8 Å². The van der Waals surface area contributed by atoms with Crippen molar-refractivity contribution in [2.45, 2.75) is 37.7 Å². The second-order valence-electron chi connectivity index (χ2n) is 3.35. The number of aliphatic hydroxyl groups is 1. The predicted octanol–water partition coefficient (Wildman–Crippen LogP) is 2.09. The number of hydrogen-bond donors (Lipinski definition) is 1. The van der Waals surface area contributed by atoms with Gasteiger partial charge < -0.3 is 9.84 Å². The summed E-state index contributed by atoms with van der Waals surface area (Å²) >= 11 is 2.05. The van der Waals surface area contributed by atoms with Gasteiger partial charge in [0.2, 0.25) is 0 Å². The van der Waals surface area contributed by atoms with Gasteiger partial charge in [0.25, 0.3) is 0 Å². The normalized spacial score (nSPS) is 20.5. The first-order valence-corrected chi connectivity index (χ1v) is 5.78. The van der Waals surface area contributed by atoms with Crippen molar-refractivity contribution in [3.63, 3.8) is 0 Å². The summed E-state index contributed by atoms with van der Waals surface area (Å²) in [6, 6.07) is 0. The Labute approximate surface area is 93.2 Å². The summed E-state index contributed by atoms with van der Waals surface area (Å²) in [5, 5.41) is 8.70. The third kappa shape index (κ3) is 3.45. The molecule has 0 aromatic rings. The first-order chi connectivity index (χ1) is 6.33. The quantitative estimate of drug-likeness (QED) is 0.638. The molecule has 1 rings (SSSR count). The van der Waals surface area contributed by atoms with Crippen LogP contribution in [-0.2, 0) is 4.74 Å². The van der Waals surface area contributed by atoms with Gasteiger partial charge in [-0.3, -0.25) is 0 Å². The standard InChI is InChI=1S/C10H15IO2/c11-7-6-10(13-9-8-12)4-2-1-3-5-10/h12H,1-5,8-9H2. The van der Waals surface area contributed by atoms with Crippen molar-refractivity contribution in [2.24, 2.45) is 0 Å². The van der Waals surface area contributed by atoms with Gasteiger partial charge in [0.05, 0.1) is 13.2 Å². The van der Waals surface area contributed by atoms with Crippen LogP contribution in [0.4, 0.5) is 0 Å². The zero-order valence-corrected chi connectivity index (χ0v) is 9.84. The Morgan fingerprint density at radius 3 is 2.54 bits per heavy atom. The van der Waals surface area contributed by atoms with Gasteiger partial charge in [-0.05, 0) is 29.6 Å². The molecule has 0 saturated heterocycles. The third-order valence-electron chi connectivity index (χ3n) is 2.41. The number of ether oxygens (including phenoxy) is 1. The van der Waals surface area contributed by atoms with Crippen LogP contribution in [0.25, 0.3) is 0 Å². The fourth-order valence-electron chi connectivity index (χ4n) is 1.76. The minimum Gasteiger partial charge on any atom is -0.394 e. The smallest absolute Gasteiger partial charge is 0.129 e. The van der Waals surface area contributed by atoms with E-state index in [9.17, 15) is 0 Å². The highest BCUT2D eigenvalue weighted by Gasteiger charge is 2.30. The van der Waals surface area contributed by atoms with Gasteiger partial charge in [0.15, 0.2) is 0 Å². The zero-order valence-electron chi connectivity index (χ0n) is 7.68. The Morgan fingerprint density at radius 2 is 2.00 bits per heavy atom. The summed E-state index contributed by atoms with van der Waals surface area (Å²) in [6.07, 6.45) is 5.70. The number of hydrogen-bond acceptors (Lipinski definition) is 2. The molecule has 0 aromatic carbocycles. The van der Waals surface area contributed by atoms with Crippen LogP contribution in [0.3, 0.4) is 0 Å². The SMILES string of the molecule is OCCOC1(C#CI)CCCCC1. The fourth-order valence-corrected chi connectivity index (χ4v) is 2.25. The van der Waals surface area contributed by atoms with E-state index < -0.39 is 0 Å². The lowest BCUT2D eigenvalue weighted by molar-refractivity contribution is -0.0396. The predicted molar refractivity (Wildman–Crippen MR) is 60.6 cm³/mol. The van der Waals surface area contributed by atoms with Crippen LogP contribution in [0.2, 0.25) is 0 Å². The Hall–Kier alpha value is 0.210. The summed E-state index contributed by atoms with van der Waals surface area (Å²) in [5.41, 5.74) is -0.248. The van der Waals surface area contributed by atoms with E-state index in [0.29, 0.717) is 6.61 Å². The second-order valence-corrected chi connectivity index (χ2v) is 3.89. The van der Waals surface area contributed by atoms with Crippen molar-refractivity contribution in [1.82, 2.24) is 0 Å². The molecule has 0 amide bonds. The van der Waals surface area contributed by atoms with Crippen molar-refractivity contribution in [1.29, 1.82) is 0 Å². The molecule has 0 bridgehead atoms. The van der Waals surface area contributed by atoms with E-state index >= 15 is 0 Å². The molecular weight excluding hydrogens is 279 g/mol. The average molecular weight is 294 g/mol. The molecule has 1 aliphatic rings. The lowest BCUT2D eigenvalue weighted by Crippen LogP contribution is -2.34. The lowest BCUT2D eigenvalue weighted by atomic mass is 9.85. The molecule has 1 saturated carbocycles. The maximum atomic E-state index is 8.70. The third-order valence-corrected chi connectivity index (χ3v) is 2.68. The van der Waals surface area contributed by atoms with Crippen LogP contribution in [-0.4, -0.2) is 23.9 Å². The molecule has 1 N–H and O–H groups in total. The van der Waals surface area contributed by atoms with E-state index in [1.807, 2.05) is 22.6 Å². The molecule has 0 radical (unpaired) electrons. The molecule has 0 atom stereocenters. The van der Waals surface area contributed by atoms with E-state index in [-0.39, 0.29) is 12.2 Å². The van der Waals surface area contributed by atoms with Crippen molar-refractivity contribution >= 4 is 22.6 Å². The Bertz CT molecular complexity index is 199. The van der Waals surface area contributed by atoms with Gasteiger partial charge in [0, 0.05) is 22.6 Å². The summed E-state index contributed by atoms with van der Waals surface area (Å²) in [6.45, 7) is 0.496. The van der Waals surface area contributed by atoms with Gasteiger partial charge in [-0.2, -0.15) is 0 Å². The van der Waals surface area contributed by atoms with Gasteiger partial charge >= 0.3 is 0 Å². The summed E-state index contributed by atoms with van der Waals surface area (Å²) in [7, 11) is 0. The molecule has 1 aliphatic carbocycles. The van der Waals surface area contributed by atoms with Gasteiger partial charge in [0.1, 0.15) is 5.60 Å². The largest absolute Gasteiger partial charge is 0.394 e. The molecule has 3 heteroatoms. The van der Waals surface area contributed by atoms with Crippen molar-refractivity contribution < 1.29 is 9.84 Å². The van der Waals surface area contributed by atoms with Crippen LogP contribution in [0.15, 0.2) is 0 Å². The molecule has 0 heterocycles. The Balaban J connectivity index is 2.54. The zero-order chi connectivity index (χ0) is 9.57. The van der Waals surface area contributed by atoms with E-state index in [1.54, 1.807) is 0 Å². The molecule has 0 spiro atoms. The Kier molecular flexibility index (Phi) is 5.07. The number of rotatable bonds is 3. The monoisotopic (exact) mass is 294 g/mol. The minimum atomic E-state index is -0.248. The molecule has 0 aromatic heterocycles. The van der Waals surface area contributed by atoms with Crippen LogP contribution >= 0.6 is 22.6 Å². The second kappa shape index (κ2) is 5.84. The van der Waals surface area contributed by atoms with Crippen LogP contribution in [0, 0.1) is 9.85 Å². The van der Waals surface area contributed by atoms with Crippen LogP contribution in [0.5, 0.6) is 0 Å². The highest BCUT2D eigenvalue weighted by atomic mass is 127. The lowest BCUT2D eigenvalue weighted by Gasteiger charge is -2.32.